The molecule has 0 aromatic heterocycles. The molecule has 1 nitrogen and oxygen atoms in total. The van der Waals surface area contributed by atoms with Crippen molar-refractivity contribution < 1.29 is 9.18 Å². The highest BCUT2D eigenvalue weighted by atomic mass is 35.5. The van der Waals surface area contributed by atoms with Crippen molar-refractivity contribution >= 4 is 51.6 Å². The van der Waals surface area contributed by atoms with E-state index in [1.54, 1.807) is 0 Å². The van der Waals surface area contributed by atoms with Gasteiger partial charge in [-0.05, 0) is 29.3 Å². The van der Waals surface area contributed by atoms with Crippen molar-refractivity contribution in [1.82, 2.24) is 0 Å². The Bertz CT molecular complexity index is 460. The minimum absolute atomic E-state index is 0.0331. The van der Waals surface area contributed by atoms with Crippen LogP contribution in [0.2, 0.25) is 5.02 Å². The molecule has 0 bridgehead atoms. The van der Waals surface area contributed by atoms with Crippen molar-refractivity contribution in [1.29, 1.82) is 0 Å². The van der Waals surface area contributed by atoms with Crippen LogP contribution in [0.25, 0.3) is 0 Å². The molecule has 1 aromatic rings. The van der Waals surface area contributed by atoms with Gasteiger partial charge in [0.05, 0.1) is 10.9 Å². The molecule has 2 rings (SSSR count). The molecule has 1 aliphatic rings. The maximum atomic E-state index is 12.9. The van der Waals surface area contributed by atoms with Crippen molar-refractivity contribution in [3.05, 3.63) is 34.6 Å². The van der Waals surface area contributed by atoms with E-state index in [1.165, 1.54) is 18.2 Å². The van der Waals surface area contributed by atoms with Crippen molar-refractivity contribution in [3.63, 3.8) is 0 Å². The minimum Gasteiger partial charge on any atom is -0.281 e. The smallest absolute Gasteiger partial charge is 0.228 e. The van der Waals surface area contributed by atoms with Gasteiger partial charge >= 0.3 is 0 Å². The summed E-state index contributed by atoms with van der Waals surface area (Å²) in [5.41, 5.74) is 0.607. The molecule has 0 amide bonds. The predicted molar refractivity (Wildman–Crippen MR) is 62.9 cm³/mol. The van der Waals surface area contributed by atoms with Gasteiger partial charge in [-0.25, -0.2) is 4.39 Å². The molecule has 1 aliphatic carbocycles. The van der Waals surface area contributed by atoms with Crippen LogP contribution < -0.4 is 0 Å². The standard InChI is InChI=1S/C10H5Cl4FO/c11-5-3-4(1-2-6(5)15)7-8(9(12)16)10(7,13)14/h1-3,7-8H/t7-,8+/m0/s1. The molecule has 0 aliphatic heterocycles. The Morgan fingerprint density at radius 3 is 2.44 bits per heavy atom. The fourth-order valence-corrected chi connectivity index (χ4v) is 3.16. The first-order valence-electron chi connectivity index (χ1n) is 4.38. The van der Waals surface area contributed by atoms with Crippen LogP contribution in [0.15, 0.2) is 18.2 Å². The van der Waals surface area contributed by atoms with E-state index in [-0.39, 0.29) is 5.02 Å². The molecule has 6 heteroatoms. The molecule has 1 saturated carbocycles. The summed E-state index contributed by atoms with van der Waals surface area (Å²) in [7, 11) is 0. The molecule has 0 radical (unpaired) electrons. The predicted octanol–water partition coefficient (Wildman–Crippen LogP) is 4.13. The molecule has 0 unspecified atom stereocenters. The van der Waals surface area contributed by atoms with Crippen LogP contribution >= 0.6 is 46.4 Å². The zero-order chi connectivity index (χ0) is 12.1. The molecule has 0 saturated heterocycles. The van der Waals surface area contributed by atoms with Crippen LogP contribution in [-0.2, 0) is 4.79 Å². The molecule has 0 heterocycles. The molecule has 1 aromatic carbocycles. The Balaban J connectivity index is 2.33. The maximum Gasteiger partial charge on any atom is 0.228 e. The summed E-state index contributed by atoms with van der Waals surface area (Å²) in [6, 6.07) is 4.10. The molecule has 16 heavy (non-hydrogen) atoms. The van der Waals surface area contributed by atoms with E-state index in [2.05, 4.69) is 0 Å². The van der Waals surface area contributed by atoms with Crippen LogP contribution in [0.5, 0.6) is 0 Å². The number of carbonyl (C=O) groups is 1. The molecule has 86 valence electrons. The normalized spacial score (nSPS) is 26.6. The third-order valence-electron chi connectivity index (χ3n) is 2.60. The summed E-state index contributed by atoms with van der Waals surface area (Å²) in [5.74, 6) is -1.63. The molecular weight excluding hydrogens is 297 g/mol. The molecule has 0 N–H and O–H groups in total. The Kier molecular flexibility index (Phi) is 3.13. The second-order valence-corrected chi connectivity index (χ2v) is 5.83. The van der Waals surface area contributed by atoms with Crippen LogP contribution in [0.4, 0.5) is 4.39 Å². The van der Waals surface area contributed by atoms with E-state index in [0.717, 1.165) is 0 Å². The maximum absolute atomic E-state index is 12.9. The summed E-state index contributed by atoms with van der Waals surface area (Å²) < 4.78 is 11.7. The lowest BCUT2D eigenvalue weighted by atomic mass is 10.1. The Hall–Kier alpha value is -0.0200. The van der Waals surface area contributed by atoms with Gasteiger partial charge in [0.1, 0.15) is 10.2 Å². The number of halogens is 5. The first-order valence-corrected chi connectivity index (χ1v) is 5.89. The van der Waals surface area contributed by atoms with Gasteiger partial charge in [0.2, 0.25) is 5.24 Å². The summed E-state index contributed by atoms with van der Waals surface area (Å²) in [5, 5.41) is -0.634. The van der Waals surface area contributed by atoms with Crippen molar-refractivity contribution in [2.45, 2.75) is 10.3 Å². The Labute approximate surface area is 111 Å². The third kappa shape index (κ3) is 1.92. The van der Waals surface area contributed by atoms with Crippen molar-refractivity contribution in [2.75, 3.05) is 0 Å². The zero-order valence-corrected chi connectivity index (χ0v) is 10.7. The van der Waals surface area contributed by atoms with Gasteiger partial charge in [-0.2, -0.15) is 0 Å². The highest BCUT2D eigenvalue weighted by molar-refractivity contribution is 6.68. The van der Waals surface area contributed by atoms with Crippen LogP contribution in [0, 0.1) is 11.7 Å². The number of hydrogen-bond donors (Lipinski definition) is 0. The topological polar surface area (TPSA) is 17.1 Å². The first kappa shape index (κ1) is 12.4. The third-order valence-corrected chi connectivity index (χ3v) is 4.07. The monoisotopic (exact) mass is 300 g/mol. The van der Waals surface area contributed by atoms with Gasteiger partial charge in [-0.3, -0.25) is 4.79 Å². The Morgan fingerprint density at radius 2 is 2.00 bits per heavy atom. The van der Waals surface area contributed by atoms with E-state index >= 15 is 0 Å². The fraction of sp³-hybridized carbons (Fsp3) is 0.300. The highest BCUT2D eigenvalue weighted by Crippen LogP contribution is 2.65. The quantitative estimate of drug-likeness (QED) is 0.593. The zero-order valence-electron chi connectivity index (χ0n) is 7.68. The average Bonchev–Trinajstić information content (AvgIpc) is 2.74. The Morgan fingerprint density at radius 1 is 1.38 bits per heavy atom. The lowest BCUT2D eigenvalue weighted by Gasteiger charge is -2.01. The lowest BCUT2D eigenvalue weighted by Crippen LogP contribution is -1.96. The van der Waals surface area contributed by atoms with E-state index in [1.807, 2.05) is 0 Å². The van der Waals surface area contributed by atoms with E-state index in [4.69, 9.17) is 46.4 Å². The van der Waals surface area contributed by atoms with Gasteiger partial charge in [-0.15, -0.1) is 23.2 Å². The highest BCUT2D eigenvalue weighted by Gasteiger charge is 2.67. The molecular formula is C10H5Cl4FO. The summed E-state index contributed by atoms with van der Waals surface area (Å²) in [6.07, 6.45) is 0. The van der Waals surface area contributed by atoms with Crippen LogP contribution in [0.3, 0.4) is 0 Å². The van der Waals surface area contributed by atoms with Crippen LogP contribution in [-0.4, -0.2) is 9.58 Å². The SMILES string of the molecule is O=C(Cl)[C@H]1[C@H](c2ccc(F)c(Cl)c2)C1(Cl)Cl. The minimum atomic E-state index is -1.22. The second-order valence-electron chi connectivity index (χ2n) is 3.61. The summed E-state index contributed by atoms with van der Waals surface area (Å²) >= 11 is 22.8. The molecule has 0 spiro atoms. The van der Waals surface area contributed by atoms with Gasteiger partial charge in [0.15, 0.2) is 0 Å². The summed E-state index contributed by atoms with van der Waals surface area (Å²) in [6.45, 7) is 0. The van der Waals surface area contributed by atoms with Gasteiger partial charge in [-0.1, -0.05) is 17.7 Å². The number of hydrogen-bond acceptors (Lipinski definition) is 1. The average molecular weight is 302 g/mol. The largest absolute Gasteiger partial charge is 0.281 e. The number of carbonyl (C=O) groups excluding carboxylic acids is 1. The van der Waals surface area contributed by atoms with Crippen molar-refractivity contribution in [2.24, 2.45) is 5.92 Å². The van der Waals surface area contributed by atoms with E-state index in [0.29, 0.717) is 5.56 Å². The lowest BCUT2D eigenvalue weighted by molar-refractivity contribution is -0.112. The van der Waals surface area contributed by atoms with Gasteiger partial charge in [0.25, 0.3) is 0 Å². The van der Waals surface area contributed by atoms with Crippen molar-refractivity contribution in [3.8, 4) is 0 Å². The first-order chi connectivity index (χ1) is 7.35. The van der Waals surface area contributed by atoms with E-state index < -0.39 is 27.2 Å². The number of benzene rings is 1. The molecule has 1 fully saturated rings. The summed E-state index contributed by atoms with van der Waals surface area (Å²) in [4.78, 5) is 11.0. The van der Waals surface area contributed by atoms with Gasteiger partial charge < -0.3 is 0 Å². The molecule has 2 atom stereocenters. The van der Waals surface area contributed by atoms with Gasteiger partial charge in [0, 0.05) is 5.92 Å². The van der Waals surface area contributed by atoms with Crippen LogP contribution in [0.1, 0.15) is 11.5 Å². The fourth-order valence-electron chi connectivity index (χ4n) is 1.73. The van der Waals surface area contributed by atoms with E-state index in [9.17, 15) is 9.18 Å². The number of alkyl halides is 2. The second kappa shape index (κ2) is 4.02. The number of rotatable bonds is 2.